The van der Waals surface area contributed by atoms with Gasteiger partial charge in [-0.2, -0.15) is 56.0 Å². The van der Waals surface area contributed by atoms with E-state index in [2.05, 4.69) is 131 Å². The number of benzene rings is 5. The Labute approximate surface area is 629 Å². The fourth-order valence-corrected chi connectivity index (χ4v) is 9.92. The van der Waals surface area contributed by atoms with Crippen LogP contribution in [-0.4, -0.2) is 85.5 Å². The molecule has 0 saturated carbocycles. The summed E-state index contributed by atoms with van der Waals surface area (Å²) in [4.78, 5) is 25.5. The molecule has 0 bridgehead atoms. The number of pyridine rings is 3. The first-order chi connectivity index (χ1) is 51.1. The first-order valence-corrected chi connectivity index (χ1v) is 37.4. The molecule has 0 N–H and O–H groups in total. The normalized spacial score (nSPS) is 9.33. The standard InChI is InChI=1S/C9H11N3.5C9H8N2.C8H8N2O.C8H8N2S.8C2H6/c1-6-4-8-9(10-5-6)12(3)7(2)11-8;1-7-3-2-4-8-5-10-11-6-9(7)8;1-7-3-2-4-9-8(7)5-6-10-11-9;1-7-3-2-4-8-5-6-10-11-9(7)8;1-7-9-5-3-2-4-8(9)6-10-11-7;1-7-6-10-11-9-5-3-2-4-8(7)9;2*1-5-3-4-7-8(9-5)10-6(2)11-7;8*1-2/h4-5H,1-3H3;5*2-6H,1H3;2*3-4H,1-2H3;8*1-2H3. The summed E-state index contributed by atoms with van der Waals surface area (Å²) < 4.78 is 8.42. The van der Waals surface area contributed by atoms with Crippen LogP contribution >= 0.6 is 11.3 Å². The molecule has 556 valence electrons. The summed E-state index contributed by atoms with van der Waals surface area (Å²) in [5, 5.41) is 48.2. The van der Waals surface area contributed by atoms with Gasteiger partial charge in [0.2, 0.25) is 0 Å². The number of nitrogens with zero attached hydrogens (tertiary/aromatic N) is 17. The van der Waals surface area contributed by atoms with Crippen LogP contribution in [-0.2, 0) is 7.05 Å². The molecule has 0 aliphatic rings. The first kappa shape index (κ1) is 92.1. The van der Waals surface area contributed by atoms with Gasteiger partial charge in [-0.05, 0) is 152 Å². The lowest BCUT2D eigenvalue weighted by Crippen LogP contribution is -1.91. The summed E-state index contributed by atoms with van der Waals surface area (Å²) in [6, 6.07) is 48.3. The Kier molecular flexibility index (Phi) is 46.4. The van der Waals surface area contributed by atoms with Crippen LogP contribution < -0.4 is 0 Å². The van der Waals surface area contributed by atoms with E-state index in [1.54, 1.807) is 48.5 Å². The molecule has 16 rings (SSSR count). The molecule has 11 heterocycles. The van der Waals surface area contributed by atoms with Crippen molar-refractivity contribution in [1.29, 1.82) is 0 Å². The van der Waals surface area contributed by atoms with E-state index in [1.165, 1.54) is 48.5 Å². The number of rotatable bonds is 0. The van der Waals surface area contributed by atoms with Crippen molar-refractivity contribution in [2.45, 2.75) is 187 Å². The minimum atomic E-state index is 0.665. The molecule has 105 heavy (non-hydrogen) atoms. The Bertz CT molecular complexity index is 4460. The smallest absolute Gasteiger partial charge is 0.199 e. The molecule has 0 aliphatic carbocycles. The van der Waals surface area contributed by atoms with Crippen LogP contribution in [0.2, 0.25) is 0 Å². The number of thiazole rings is 1. The molecule has 18 nitrogen and oxygen atoms in total. The molecular weight excluding hydrogens is 1320 g/mol. The van der Waals surface area contributed by atoms with E-state index >= 15 is 0 Å². The van der Waals surface area contributed by atoms with Gasteiger partial charge in [0.25, 0.3) is 0 Å². The predicted octanol–water partition coefficient (Wildman–Crippen LogP) is 23.6. The minimum absolute atomic E-state index is 0.665. The third-order valence-corrected chi connectivity index (χ3v) is 14.8. The van der Waals surface area contributed by atoms with Crippen molar-refractivity contribution in [3.05, 3.63) is 251 Å². The van der Waals surface area contributed by atoms with E-state index in [1.807, 2.05) is 300 Å². The third kappa shape index (κ3) is 29.8. The minimum Gasteiger partial charge on any atom is -0.439 e. The number of aromatic nitrogens is 17. The molecule has 0 saturated heterocycles. The van der Waals surface area contributed by atoms with Gasteiger partial charge >= 0.3 is 0 Å². The topological polar surface area (TPSA) is 224 Å². The molecule has 0 spiro atoms. The second kappa shape index (κ2) is 53.0. The van der Waals surface area contributed by atoms with E-state index in [4.69, 9.17) is 4.42 Å². The highest BCUT2D eigenvalue weighted by Crippen LogP contribution is 2.21. The van der Waals surface area contributed by atoms with Gasteiger partial charge in [0, 0.05) is 69.3 Å². The van der Waals surface area contributed by atoms with Crippen molar-refractivity contribution in [3.8, 4) is 0 Å². The summed E-state index contributed by atoms with van der Waals surface area (Å²) in [7, 11) is 1.98. The molecule has 0 amide bonds. The number of hydrogen-bond acceptors (Lipinski definition) is 18. The van der Waals surface area contributed by atoms with Gasteiger partial charge in [-0.25, -0.2) is 24.9 Å². The zero-order chi connectivity index (χ0) is 78.8. The van der Waals surface area contributed by atoms with Crippen LogP contribution in [0.1, 0.15) is 172 Å². The van der Waals surface area contributed by atoms with Gasteiger partial charge in [-0.1, -0.05) is 202 Å². The first-order valence-electron chi connectivity index (χ1n) is 36.6. The molecule has 0 unspecified atom stereocenters. The van der Waals surface area contributed by atoms with Gasteiger partial charge in [0.15, 0.2) is 28.4 Å². The molecule has 16 aromatic rings. The Morgan fingerprint density at radius 2 is 0.857 bits per heavy atom. The molecule has 0 fully saturated rings. The third-order valence-electron chi connectivity index (χ3n) is 13.9. The number of fused-ring (bicyclic) bond motifs is 8. The maximum Gasteiger partial charge on any atom is 0.199 e. The van der Waals surface area contributed by atoms with Crippen LogP contribution in [0.15, 0.2) is 193 Å². The van der Waals surface area contributed by atoms with Crippen molar-refractivity contribution in [1.82, 2.24) is 85.5 Å². The average molecular weight is 1440 g/mol. The average Bonchev–Trinajstić information content (AvgIpc) is 1.63. The van der Waals surface area contributed by atoms with Crippen molar-refractivity contribution in [3.63, 3.8) is 0 Å². The fraction of sp³-hybridized carbons (Fsp3) is 0.326. The van der Waals surface area contributed by atoms with Gasteiger partial charge in [0.05, 0.1) is 69.1 Å². The van der Waals surface area contributed by atoms with Crippen LogP contribution in [0.25, 0.3) is 87.0 Å². The highest BCUT2D eigenvalue weighted by atomic mass is 32.1. The van der Waals surface area contributed by atoms with Crippen molar-refractivity contribution >= 4 is 98.3 Å². The second-order valence-electron chi connectivity index (χ2n) is 20.8. The summed E-state index contributed by atoms with van der Waals surface area (Å²) in [5.41, 5.74) is 16.2. The molecule has 5 aromatic carbocycles. The van der Waals surface area contributed by atoms with E-state index in [9.17, 15) is 0 Å². The van der Waals surface area contributed by atoms with E-state index < -0.39 is 0 Å². The Balaban J connectivity index is 0.000000583. The van der Waals surface area contributed by atoms with Crippen molar-refractivity contribution in [2.75, 3.05) is 0 Å². The predicted molar refractivity (Wildman–Crippen MR) is 448 cm³/mol. The lowest BCUT2D eigenvalue weighted by atomic mass is 10.1. The lowest BCUT2D eigenvalue weighted by molar-refractivity contribution is 0.561. The summed E-state index contributed by atoms with van der Waals surface area (Å²) in [6.07, 6.45) is 12.4. The maximum atomic E-state index is 5.25. The lowest BCUT2D eigenvalue weighted by Gasteiger charge is -1.97. The monoisotopic (exact) mass is 1430 g/mol. The van der Waals surface area contributed by atoms with Gasteiger partial charge < -0.3 is 8.98 Å². The number of aryl methyl sites for hydroxylation is 12. The zero-order valence-electron chi connectivity index (χ0n) is 67.8. The fourth-order valence-electron chi connectivity index (χ4n) is 9.15. The Hall–Kier alpha value is -10.9. The second-order valence-corrected chi connectivity index (χ2v) is 22.0. The molecule has 0 atom stereocenters. The molecule has 11 aromatic heterocycles. The highest BCUT2D eigenvalue weighted by molar-refractivity contribution is 7.18. The molecule has 0 radical (unpaired) electrons. The van der Waals surface area contributed by atoms with Gasteiger partial charge in [0.1, 0.15) is 11.3 Å². The maximum absolute atomic E-state index is 5.25. The molecule has 19 heteroatoms. The van der Waals surface area contributed by atoms with Crippen LogP contribution in [0, 0.1) is 76.2 Å². The number of hydrogen-bond donors (Lipinski definition) is 0. The largest absolute Gasteiger partial charge is 0.439 e. The van der Waals surface area contributed by atoms with Crippen LogP contribution in [0.5, 0.6) is 0 Å². The van der Waals surface area contributed by atoms with Crippen LogP contribution in [0.4, 0.5) is 0 Å². The Morgan fingerprint density at radius 1 is 0.352 bits per heavy atom. The molecular formula is C86H115N17OS. The number of oxazole rings is 1. The zero-order valence-corrected chi connectivity index (χ0v) is 68.6. The van der Waals surface area contributed by atoms with Gasteiger partial charge in [-0.15, -0.1) is 11.3 Å². The van der Waals surface area contributed by atoms with Crippen molar-refractivity contribution < 1.29 is 4.42 Å². The Morgan fingerprint density at radius 3 is 1.50 bits per heavy atom. The highest BCUT2D eigenvalue weighted by Gasteiger charge is 2.06. The quantitative estimate of drug-likeness (QED) is 0.138. The summed E-state index contributed by atoms with van der Waals surface area (Å²) in [6.45, 7) is 53.9. The van der Waals surface area contributed by atoms with Gasteiger partial charge in [-0.3, -0.25) is 0 Å². The summed E-state index contributed by atoms with van der Waals surface area (Å²) in [5.74, 6) is 1.67. The van der Waals surface area contributed by atoms with Crippen molar-refractivity contribution in [2.24, 2.45) is 7.05 Å². The van der Waals surface area contributed by atoms with E-state index in [-0.39, 0.29) is 0 Å². The summed E-state index contributed by atoms with van der Waals surface area (Å²) >= 11 is 1.69. The van der Waals surface area contributed by atoms with E-state index in [0.29, 0.717) is 11.5 Å². The van der Waals surface area contributed by atoms with E-state index in [0.717, 1.165) is 88.6 Å². The van der Waals surface area contributed by atoms with Crippen LogP contribution in [0.3, 0.4) is 0 Å². The molecule has 0 aliphatic heterocycles. The number of imidazole rings is 1. The SMILES string of the molecule is CC.CC.CC.CC.CC.CC.CC.CC.Cc1ccc2oc(C)nc2n1.Cc1ccc2sc(C)nc2n1.Cc1cccc2ccnnc12.Cc1cccc2cnncc12.Cc1cccc2nnccc12.Cc1cnc2c(c1)nc(C)n2C.Cc1cnnc2ccccc12.Cc1nncc2ccccc12.